The molecular formula is C17H36N4O8S2. The lowest BCUT2D eigenvalue weighted by atomic mass is 10.4. The van der Waals surface area contributed by atoms with Gasteiger partial charge in [-0.2, -0.15) is 27.0 Å². The molecule has 4 fully saturated rings. The van der Waals surface area contributed by atoms with Crippen molar-refractivity contribution in [1.29, 1.82) is 0 Å². The van der Waals surface area contributed by atoms with E-state index in [0.29, 0.717) is 33.0 Å². The Balaban J connectivity index is 0.000000476. The van der Waals surface area contributed by atoms with Crippen LogP contribution in [0.3, 0.4) is 0 Å². The van der Waals surface area contributed by atoms with Gasteiger partial charge in [0.05, 0.1) is 59.4 Å². The average molecular weight is 489 g/mol. The van der Waals surface area contributed by atoms with Gasteiger partial charge in [-0.15, -0.1) is 0 Å². The number of hydrogen-bond acceptors (Lipinski definition) is 10. The summed E-state index contributed by atoms with van der Waals surface area (Å²) >= 11 is 0. The van der Waals surface area contributed by atoms with Crippen molar-refractivity contribution in [3.63, 3.8) is 0 Å². The Labute approximate surface area is 196 Å². The molecule has 2 atom stereocenters. The lowest BCUT2D eigenvalue weighted by Gasteiger charge is -2.29. The van der Waals surface area contributed by atoms with Crippen LogP contribution in [0.15, 0.2) is 0 Å². The minimum absolute atomic E-state index is 0. The average Bonchev–Trinajstić information content (AvgIpc) is 3.36. The zero-order chi connectivity index (χ0) is 20.9. The molecule has 0 aromatic carbocycles. The molecule has 0 unspecified atom stereocenters. The van der Waals surface area contributed by atoms with Gasteiger partial charge in [0.2, 0.25) is 0 Å². The Hall–Kier alpha value is -1.00. The van der Waals surface area contributed by atoms with Crippen LogP contribution in [0.25, 0.3) is 0 Å². The summed E-state index contributed by atoms with van der Waals surface area (Å²) in [6, 6.07) is 0. The summed E-state index contributed by atoms with van der Waals surface area (Å²) in [5.74, 6) is 0. The molecule has 4 aliphatic heterocycles. The molecule has 4 saturated heterocycles. The fraction of sp³-hybridized carbons (Fsp3) is 0.882. The molecule has 184 valence electrons. The number of alkyl carbamates (subject to hydrolysis) is 1. The minimum atomic E-state index is -0.441. The molecule has 31 heavy (non-hydrogen) atoms. The van der Waals surface area contributed by atoms with Crippen LogP contribution in [0.2, 0.25) is 0 Å². The lowest BCUT2D eigenvalue weighted by Crippen LogP contribution is -2.44. The number of carbonyl (C=O) groups is 2. The molecule has 14 heteroatoms. The molecule has 0 bridgehead atoms. The second-order valence-electron chi connectivity index (χ2n) is 6.74. The van der Waals surface area contributed by atoms with E-state index in [2.05, 4.69) is 20.3 Å². The van der Waals surface area contributed by atoms with Gasteiger partial charge >= 0.3 is 12.2 Å². The van der Waals surface area contributed by atoms with Gasteiger partial charge in [-0.25, -0.2) is 9.59 Å². The van der Waals surface area contributed by atoms with Crippen LogP contribution in [0.4, 0.5) is 9.59 Å². The molecule has 12 nitrogen and oxygen atoms in total. The van der Waals surface area contributed by atoms with Crippen molar-refractivity contribution in [3.05, 3.63) is 0 Å². The fourth-order valence-electron chi connectivity index (χ4n) is 2.82. The van der Waals surface area contributed by atoms with E-state index < -0.39 is 6.09 Å². The van der Waals surface area contributed by atoms with Crippen molar-refractivity contribution in [3.8, 4) is 0 Å². The Kier molecular flexibility index (Phi) is 17.0. The van der Waals surface area contributed by atoms with Crippen LogP contribution in [-0.4, -0.2) is 130 Å². The van der Waals surface area contributed by atoms with E-state index in [1.54, 1.807) is 4.90 Å². The number of amides is 2. The molecule has 0 radical (unpaired) electrons. The number of hydrogen-bond donors (Lipinski definition) is 4. The number of nitrogens with one attached hydrogen (secondary N) is 2. The number of ether oxygens (including phenoxy) is 4. The van der Waals surface area contributed by atoms with Crippen LogP contribution >= 0.6 is 27.0 Å². The second kappa shape index (κ2) is 17.5. The summed E-state index contributed by atoms with van der Waals surface area (Å²) < 4.78 is 19.7. The van der Waals surface area contributed by atoms with Crippen molar-refractivity contribution in [2.24, 2.45) is 0 Å². The maximum Gasteiger partial charge on any atom is 0.411 e. The van der Waals surface area contributed by atoms with Crippen molar-refractivity contribution < 1.29 is 38.7 Å². The van der Waals surface area contributed by atoms with Gasteiger partial charge in [0, 0.05) is 26.2 Å². The first-order valence-corrected chi connectivity index (χ1v) is 9.82. The number of carbonyl (C=O) groups excluding carboxylic acids is 2. The molecule has 0 aromatic rings. The smallest absolute Gasteiger partial charge is 0.411 e. The fourth-order valence-corrected chi connectivity index (χ4v) is 2.82. The molecular weight excluding hydrogens is 452 g/mol. The van der Waals surface area contributed by atoms with Gasteiger partial charge in [0.25, 0.3) is 0 Å². The summed E-state index contributed by atoms with van der Waals surface area (Å²) in [5.41, 5.74) is 0. The van der Waals surface area contributed by atoms with E-state index in [1.165, 1.54) is 0 Å². The van der Waals surface area contributed by atoms with Crippen molar-refractivity contribution >= 4 is 39.2 Å². The lowest BCUT2D eigenvalue weighted by molar-refractivity contribution is 0.0186. The zero-order valence-electron chi connectivity index (χ0n) is 17.6. The Morgan fingerprint density at radius 2 is 1.52 bits per heavy atom. The molecule has 0 saturated carbocycles. The van der Waals surface area contributed by atoms with Crippen LogP contribution < -0.4 is 10.6 Å². The van der Waals surface area contributed by atoms with Crippen molar-refractivity contribution in [1.82, 2.24) is 20.4 Å². The first-order valence-electron chi connectivity index (χ1n) is 9.82. The summed E-state index contributed by atoms with van der Waals surface area (Å²) in [6.07, 6.45) is -1.47. The van der Waals surface area contributed by atoms with Crippen LogP contribution in [0.5, 0.6) is 0 Å². The van der Waals surface area contributed by atoms with Gasteiger partial charge in [-0.05, 0) is 0 Å². The standard InChI is InChI=1S/C9H16N2O4.C4H7NO3.C4H9NO.2H2S/c12-6-8-5-11(9(13)15-8)7-10-1-3-14-4-2-10;6-2-3-1-5-4(7)8-3;1-3-6-4-2-5-1;;/h8,12H,1-7H2;3,6H,1-2H2,(H,5,7);5H,1-4H2;2*1H2/t8-;3-;;;/m00.../s1. The van der Waals surface area contributed by atoms with Gasteiger partial charge in [-0.3, -0.25) is 9.80 Å². The third-order valence-corrected chi connectivity index (χ3v) is 4.43. The molecule has 0 aromatic heterocycles. The molecule has 2 amide bonds. The number of nitrogens with zero attached hydrogens (tertiary/aromatic N) is 2. The number of aliphatic hydroxyl groups is 2. The van der Waals surface area contributed by atoms with Crippen LogP contribution in [0.1, 0.15) is 0 Å². The van der Waals surface area contributed by atoms with E-state index in [4.69, 9.17) is 24.4 Å². The Bertz CT molecular complexity index is 487. The first kappa shape index (κ1) is 30.0. The molecule has 4 aliphatic rings. The molecule has 4 N–H and O–H groups in total. The Morgan fingerprint density at radius 3 is 1.90 bits per heavy atom. The number of morpholine rings is 2. The first-order chi connectivity index (χ1) is 14.1. The highest BCUT2D eigenvalue weighted by molar-refractivity contribution is 7.59. The second-order valence-corrected chi connectivity index (χ2v) is 6.74. The summed E-state index contributed by atoms with van der Waals surface area (Å²) in [5, 5.41) is 22.8. The zero-order valence-corrected chi connectivity index (χ0v) is 19.6. The molecule has 4 heterocycles. The van der Waals surface area contributed by atoms with E-state index >= 15 is 0 Å². The largest absolute Gasteiger partial charge is 0.442 e. The molecule has 4 rings (SSSR count). The topological polar surface area (TPSA) is 142 Å². The minimum Gasteiger partial charge on any atom is -0.442 e. The summed E-state index contributed by atoms with van der Waals surface area (Å²) in [4.78, 5) is 25.3. The van der Waals surface area contributed by atoms with Gasteiger partial charge < -0.3 is 39.8 Å². The van der Waals surface area contributed by atoms with E-state index in [-0.39, 0.29) is 58.5 Å². The highest BCUT2D eigenvalue weighted by atomic mass is 32.1. The monoisotopic (exact) mass is 488 g/mol. The highest BCUT2D eigenvalue weighted by Gasteiger charge is 2.31. The summed E-state index contributed by atoms with van der Waals surface area (Å²) in [7, 11) is 0. The molecule has 0 aliphatic carbocycles. The highest BCUT2D eigenvalue weighted by Crippen LogP contribution is 2.11. The van der Waals surface area contributed by atoms with Crippen molar-refractivity contribution in [2.45, 2.75) is 12.2 Å². The number of aliphatic hydroxyl groups excluding tert-OH is 2. The maximum absolute atomic E-state index is 11.4. The van der Waals surface area contributed by atoms with Crippen molar-refractivity contribution in [2.75, 3.05) is 85.6 Å². The maximum atomic E-state index is 11.4. The predicted molar refractivity (Wildman–Crippen MR) is 121 cm³/mol. The quantitative estimate of drug-likeness (QED) is 0.351. The van der Waals surface area contributed by atoms with Gasteiger partial charge in [0.15, 0.2) is 0 Å². The normalized spacial score (nSPS) is 25.3. The molecule has 0 spiro atoms. The predicted octanol–water partition coefficient (Wildman–Crippen LogP) is -1.99. The Morgan fingerprint density at radius 1 is 0.903 bits per heavy atom. The third-order valence-electron chi connectivity index (χ3n) is 4.43. The SMILES string of the molecule is C1COCCN1.O=C1NC[C@@H](CO)O1.O=C1O[C@H](CO)CN1CN1CCOCC1.S.S. The van der Waals surface area contributed by atoms with Crippen LogP contribution in [-0.2, 0) is 18.9 Å². The summed E-state index contributed by atoms with van der Waals surface area (Å²) in [6.45, 7) is 8.21. The van der Waals surface area contributed by atoms with Gasteiger partial charge in [0.1, 0.15) is 12.2 Å². The third kappa shape index (κ3) is 12.0. The number of rotatable bonds is 4. The van der Waals surface area contributed by atoms with Gasteiger partial charge in [-0.1, -0.05) is 0 Å². The van der Waals surface area contributed by atoms with E-state index in [1.807, 2.05) is 0 Å². The van der Waals surface area contributed by atoms with Crippen LogP contribution in [0, 0.1) is 0 Å². The van der Waals surface area contributed by atoms with E-state index in [0.717, 1.165) is 39.4 Å². The number of cyclic esters (lactones) is 2. The van der Waals surface area contributed by atoms with E-state index in [9.17, 15) is 9.59 Å².